The van der Waals surface area contributed by atoms with Crippen LogP contribution < -0.4 is 19.9 Å². The van der Waals surface area contributed by atoms with Gasteiger partial charge in [-0.15, -0.1) is 0 Å². The number of nitrogens with one attached hydrogen (secondary N) is 1. The Kier molecular flexibility index (Phi) is 8.53. The first kappa shape index (κ1) is 30.2. The van der Waals surface area contributed by atoms with Crippen LogP contribution in [0.1, 0.15) is 46.5 Å². The fourth-order valence-corrected chi connectivity index (χ4v) is 6.03. The average Bonchev–Trinajstić information content (AvgIpc) is 3.22. The van der Waals surface area contributed by atoms with Gasteiger partial charge in [0, 0.05) is 51.2 Å². The van der Waals surface area contributed by atoms with Crippen molar-refractivity contribution >= 4 is 40.7 Å². The molecule has 2 heterocycles. The molecule has 10 heteroatoms. The van der Waals surface area contributed by atoms with Crippen LogP contribution in [0.25, 0.3) is 0 Å². The average molecular weight is 621 g/mol. The van der Waals surface area contributed by atoms with Crippen LogP contribution in [0.5, 0.6) is 11.5 Å². The van der Waals surface area contributed by atoms with Gasteiger partial charge in [-0.25, -0.2) is 0 Å². The highest BCUT2D eigenvalue weighted by Gasteiger charge is 2.50. The zero-order valence-corrected chi connectivity index (χ0v) is 25.8. The number of amides is 2. The summed E-state index contributed by atoms with van der Waals surface area (Å²) in [6, 6.07) is 19.1. The minimum Gasteiger partial charge on any atom is -0.497 e. The maximum absolute atomic E-state index is 14.5. The molecule has 0 bridgehead atoms. The molecule has 0 saturated heterocycles. The number of halogens is 2. The van der Waals surface area contributed by atoms with Crippen LogP contribution in [0.3, 0.4) is 0 Å². The largest absolute Gasteiger partial charge is 0.497 e. The highest BCUT2D eigenvalue weighted by molar-refractivity contribution is 6.33. The molecule has 2 amide bonds. The lowest BCUT2D eigenvalue weighted by atomic mass is 9.76. The monoisotopic (exact) mass is 619 g/mol. The standard InChI is InChI=1S/C33H31Cl2N3O5/c1-5-37(18-22-7-6-14-36-30(22)39)31(40)20-9-12-27(35)25(15-20)33(2)26-16-23(34)10-13-28(26)38(32(33)41)19-21-8-11-24(42-3)17-29(21)43-4/h6-17H,5,18-19H2,1-4H3,(H,36,39). The molecule has 0 saturated carbocycles. The molecule has 8 nitrogen and oxygen atoms in total. The molecule has 0 aliphatic carbocycles. The number of aromatic nitrogens is 1. The topological polar surface area (TPSA) is 91.9 Å². The molecule has 0 fully saturated rings. The Labute approximate surface area is 259 Å². The van der Waals surface area contributed by atoms with E-state index in [4.69, 9.17) is 32.7 Å². The Hall–Kier alpha value is -4.27. The van der Waals surface area contributed by atoms with Crippen LogP contribution in [0.15, 0.2) is 77.7 Å². The van der Waals surface area contributed by atoms with Crippen molar-refractivity contribution in [1.82, 2.24) is 9.88 Å². The number of carbonyl (C=O) groups excluding carboxylic acids is 2. The number of H-pyrrole nitrogens is 1. The van der Waals surface area contributed by atoms with Crippen molar-refractivity contribution in [3.8, 4) is 11.5 Å². The van der Waals surface area contributed by atoms with Gasteiger partial charge in [0.2, 0.25) is 5.91 Å². The van der Waals surface area contributed by atoms with Crippen molar-refractivity contribution in [2.75, 3.05) is 25.7 Å². The van der Waals surface area contributed by atoms with E-state index in [1.54, 1.807) is 85.7 Å². The van der Waals surface area contributed by atoms with Crippen LogP contribution in [0, 0.1) is 0 Å². The first-order valence-corrected chi connectivity index (χ1v) is 14.5. The van der Waals surface area contributed by atoms with Crippen molar-refractivity contribution in [1.29, 1.82) is 0 Å². The molecule has 1 unspecified atom stereocenters. The predicted molar refractivity (Wildman–Crippen MR) is 168 cm³/mol. The second kappa shape index (κ2) is 12.1. The number of rotatable bonds is 9. The molecule has 43 heavy (non-hydrogen) atoms. The van der Waals surface area contributed by atoms with Crippen LogP contribution in [-0.4, -0.2) is 42.5 Å². The summed E-state index contributed by atoms with van der Waals surface area (Å²) in [7, 11) is 3.14. The van der Waals surface area contributed by atoms with E-state index >= 15 is 0 Å². The first-order valence-electron chi connectivity index (χ1n) is 13.7. The van der Waals surface area contributed by atoms with Gasteiger partial charge in [0.25, 0.3) is 11.5 Å². The second-order valence-corrected chi connectivity index (χ2v) is 11.2. The van der Waals surface area contributed by atoms with Crippen LogP contribution >= 0.6 is 23.2 Å². The first-order chi connectivity index (χ1) is 20.6. The highest BCUT2D eigenvalue weighted by Crippen LogP contribution is 2.49. The highest BCUT2D eigenvalue weighted by atomic mass is 35.5. The Balaban J connectivity index is 1.56. The van der Waals surface area contributed by atoms with Gasteiger partial charge in [-0.2, -0.15) is 0 Å². The van der Waals surface area contributed by atoms with Gasteiger partial charge in [0.05, 0.1) is 27.3 Å². The molecule has 3 aromatic carbocycles. The third kappa shape index (κ3) is 5.48. The summed E-state index contributed by atoms with van der Waals surface area (Å²) >= 11 is 13.2. The number of hydrogen-bond acceptors (Lipinski definition) is 5. The number of ether oxygens (including phenoxy) is 2. The van der Waals surface area contributed by atoms with E-state index in [-0.39, 0.29) is 30.5 Å². The van der Waals surface area contributed by atoms with Crippen molar-refractivity contribution in [3.63, 3.8) is 0 Å². The second-order valence-electron chi connectivity index (χ2n) is 10.4. The van der Waals surface area contributed by atoms with Crippen molar-refractivity contribution in [3.05, 3.63) is 121 Å². The van der Waals surface area contributed by atoms with Gasteiger partial charge < -0.3 is 24.3 Å². The fourth-order valence-electron chi connectivity index (χ4n) is 5.55. The van der Waals surface area contributed by atoms with Gasteiger partial charge >= 0.3 is 0 Å². The summed E-state index contributed by atoms with van der Waals surface area (Å²) in [4.78, 5) is 46.3. The number of pyridine rings is 1. The van der Waals surface area contributed by atoms with Crippen molar-refractivity contribution < 1.29 is 19.1 Å². The molecule has 0 radical (unpaired) electrons. The summed E-state index contributed by atoms with van der Waals surface area (Å²) in [5.41, 5.74) is 1.93. The number of fused-ring (bicyclic) bond motifs is 1. The van der Waals surface area contributed by atoms with Crippen molar-refractivity contribution in [2.24, 2.45) is 0 Å². The molecule has 222 valence electrons. The lowest BCUT2D eigenvalue weighted by Gasteiger charge is -2.28. The maximum atomic E-state index is 14.5. The molecule has 1 aliphatic rings. The van der Waals surface area contributed by atoms with Gasteiger partial charge in [0.15, 0.2) is 0 Å². The number of aromatic amines is 1. The van der Waals surface area contributed by atoms with Gasteiger partial charge in [-0.05, 0) is 79.6 Å². The molecule has 5 rings (SSSR count). The Morgan fingerprint density at radius 2 is 1.74 bits per heavy atom. The molecule has 4 aromatic rings. The third-order valence-electron chi connectivity index (χ3n) is 7.97. The minimum absolute atomic E-state index is 0.135. The van der Waals surface area contributed by atoms with E-state index in [2.05, 4.69) is 4.98 Å². The maximum Gasteiger partial charge on any atom is 0.254 e. The zero-order valence-electron chi connectivity index (χ0n) is 24.2. The number of methoxy groups -OCH3 is 2. The summed E-state index contributed by atoms with van der Waals surface area (Å²) in [5.74, 6) is 0.705. The van der Waals surface area contributed by atoms with E-state index < -0.39 is 5.41 Å². The minimum atomic E-state index is -1.25. The summed E-state index contributed by atoms with van der Waals surface area (Å²) in [6.45, 7) is 4.37. The molecule has 1 aliphatic heterocycles. The number of benzene rings is 3. The van der Waals surface area contributed by atoms with Crippen LogP contribution in [0.2, 0.25) is 10.0 Å². The summed E-state index contributed by atoms with van der Waals surface area (Å²) in [6.07, 6.45) is 1.55. The smallest absolute Gasteiger partial charge is 0.254 e. The molecule has 1 N–H and O–H groups in total. The zero-order chi connectivity index (χ0) is 30.9. The van der Waals surface area contributed by atoms with Gasteiger partial charge in [-0.1, -0.05) is 29.3 Å². The molecular weight excluding hydrogens is 589 g/mol. The number of nitrogens with zero attached hydrogens (tertiary/aromatic N) is 2. The lowest BCUT2D eigenvalue weighted by molar-refractivity contribution is -0.121. The van der Waals surface area contributed by atoms with Crippen molar-refractivity contribution in [2.45, 2.75) is 32.4 Å². The molecule has 0 spiro atoms. The van der Waals surface area contributed by atoms with Crippen LogP contribution in [0.4, 0.5) is 5.69 Å². The number of hydrogen-bond donors (Lipinski definition) is 1. The van der Waals surface area contributed by atoms with E-state index in [1.807, 2.05) is 25.1 Å². The lowest BCUT2D eigenvalue weighted by Crippen LogP contribution is -2.39. The van der Waals surface area contributed by atoms with E-state index in [0.29, 0.717) is 56.0 Å². The van der Waals surface area contributed by atoms with Gasteiger partial charge in [0.1, 0.15) is 16.9 Å². The molecule has 1 aromatic heterocycles. The fraction of sp³-hybridized carbons (Fsp3) is 0.242. The van der Waals surface area contributed by atoms with E-state index in [1.165, 1.54) is 0 Å². The normalized spacial score (nSPS) is 15.8. The molecule has 1 atom stereocenters. The molecular formula is C33H31Cl2N3O5. The third-order valence-corrected chi connectivity index (χ3v) is 8.53. The van der Waals surface area contributed by atoms with E-state index in [0.717, 1.165) is 5.56 Å². The Morgan fingerprint density at radius 3 is 2.44 bits per heavy atom. The predicted octanol–water partition coefficient (Wildman–Crippen LogP) is 6.21. The Bertz CT molecular complexity index is 1770. The number of anilines is 1. The van der Waals surface area contributed by atoms with E-state index in [9.17, 15) is 14.4 Å². The quantitative estimate of drug-likeness (QED) is 0.240. The van der Waals surface area contributed by atoms with Crippen LogP contribution in [-0.2, 0) is 23.3 Å². The SMILES string of the molecule is CCN(Cc1ccc[nH]c1=O)C(=O)c1ccc(Cl)c(C2(C)C(=O)N(Cc3ccc(OC)cc3OC)c3ccc(Cl)cc32)c1. The Morgan fingerprint density at radius 1 is 0.953 bits per heavy atom. The summed E-state index contributed by atoms with van der Waals surface area (Å²) < 4.78 is 10.9. The summed E-state index contributed by atoms with van der Waals surface area (Å²) in [5, 5.41) is 0.806. The van der Waals surface area contributed by atoms with Gasteiger partial charge in [-0.3, -0.25) is 14.4 Å². The number of carbonyl (C=O) groups is 2.